The molecule has 0 bridgehead atoms. The lowest BCUT2D eigenvalue weighted by Crippen LogP contribution is -2.36. The van der Waals surface area contributed by atoms with Crippen LogP contribution in [0.2, 0.25) is 0 Å². The number of thiazole rings is 1. The number of aliphatic carboxylic acids is 1. The van der Waals surface area contributed by atoms with Gasteiger partial charge in [-0.15, -0.1) is 11.3 Å². The quantitative estimate of drug-likeness (QED) is 0.865. The van der Waals surface area contributed by atoms with Gasteiger partial charge in [-0.2, -0.15) is 0 Å². The SMILES string of the molecule is CC(CN(C)C(=O)Nc1ncc(C2CCOCC2)s1)C(=O)O. The number of anilines is 1. The van der Waals surface area contributed by atoms with Crippen molar-refractivity contribution in [3.8, 4) is 0 Å². The fourth-order valence-corrected chi connectivity index (χ4v) is 3.25. The van der Waals surface area contributed by atoms with Crippen molar-refractivity contribution < 1.29 is 19.4 Å². The zero-order valence-corrected chi connectivity index (χ0v) is 13.6. The van der Waals surface area contributed by atoms with Crippen LogP contribution < -0.4 is 5.32 Å². The summed E-state index contributed by atoms with van der Waals surface area (Å²) in [7, 11) is 1.57. The number of nitrogens with zero attached hydrogens (tertiary/aromatic N) is 2. The van der Waals surface area contributed by atoms with Gasteiger partial charge in [0.2, 0.25) is 0 Å². The minimum atomic E-state index is -0.921. The second kappa shape index (κ2) is 7.55. The summed E-state index contributed by atoms with van der Waals surface area (Å²) in [6, 6.07) is -0.346. The van der Waals surface area contributed by atoms with Crippen molar-refractivity contribution in [2.24, 2.45) is 5.92 Å². The molecule has 0 radical (unpaired) electrons. The highest BCUT2D eigenvalue weighted by molar-refractivity contribution is 7.15. The molecule has 1 aliphatic rings. The van der Waals surface area contributed by atoms with E-state index in [0.29, 0.717) is 11.0 Å². The van der Waals surface area contributed by atoms with Gasteiger partial charge in [0, 0.05) is 37.9 Å². The molecule has 122 valence electrons. The van der Waals surface area contributed by atoms with Crippen molar-refractivity contribution in [3.63, 3.8) is 0 Å². The van der Waals surface area contributed by atoms with Crippen LogP contribution in [0.15, 0.2) is 6.20 Å². The van der Waals surface area contributed by atoms with E-state index in [2.05, 4.69) is 10.3 Å². The number of carboxylic acids is 1. The molecule has 22 heavy (non-hydrogen) atoms. The van der Waals surface area contributed by atoms with Gasteiger partial charge in [-0.3, -0.25) is 10.1 Å². The monoisotopic (exact) mass is 327 g/mol. The van der Waals surface area contributed by atoms with Crippen LogP contribution >= 0.6 is 11.3 Å². The molecule has 2 heterocycles. The van der Waals surface area contributed by atoms with E-state index < -0.39 is 11.9 Å². The summed E-state index contributed by atoms with van der Waals surface area (Å²) in [5.41, 5.74) is 0. The zero-order chi connectivity index (χ0) is 16.1. The zero-order valence-electron chi connectivity index (χ0n) is 12.7. The minimum absolute atomic E-state index is 0.152. The van der Waals surface area contributed by atoms with Crippen molar-refractivity contribution in [1.29, 1.82) is 0 Å². The van der Waals surface area contributed by atoms with Crippen LogP contribution in [0.4, 0.5) is 9.93 Å². The first-order valence-electron chi connectivity index (χ1n) is 7.25. The Labute approximate surface area is 133 Å². The number of ether oxygens (including phenoxy) is 1. The van der Waals surface area contributed by atoms with Crippen LogP contribution in [0, 0.1) is 5.92 Å². The first kappa shape index (κ1) is 16.7. The number of aromatic nitrogens is 1. The van der Waals surface area contributed by atoms with E-state index >= 15 is 0 Å². The number of nitrogens with one attached hydrogen (secondary N) is 1. The molecule has 1 aromatic heterocycles. The molecular weight excluding hydrogens is 306 g/mol. The van der Waals surface area contributed by atoms with E-state index in [4.69, 9.17) is 9.84 Å². The van der Waals surface area contributed by atoms with Gasteiger partial charge in [-0.1, -0.05) is 6.92 Å². The molecule has 2 rings (SSSR count). The average Bonchev–Trinajstić information content (AvgIpc) is 2.96. The average molecular weight is 327 g/mol. The molecule has 2 N–H and O–H groups in total. The van der Waals surface area contributed by atoms with Gasteiger partial charge in [0.1, 0.15) is 0 Å². The Kier molecular flexibility index (Phi) is 5.73. The lowest BCUT2D eigenvalue weighted by molar-refractivity contribution is -0.141. The van der Waals surface area contributed by atoms with E-state index in [9.17, 15) is 9.59 Å². The van der Waals surface area contributed by atoms with Crippen LogP contribution in [0.1, 0.15) is 30.6 Å². The first-order valence-corrected chi connectivity index (χ1v) is 8.07. The van der Waals surface area contributed by atoms with Crippen molar-refractivity contribution >= 4 is 28.5 Å². The molecule has 1 fully saturated rings. The van der Waals surface area contributed by atoms with Gasteiger partial charge < -0.3 is 14.7 Å². The van der Waals surface area contributed by atoms with E-state index in [-0.39, 0.29) is 12.6 Å². The molecule has 0 saturated carbocycles. The molecule has 0 aliphatic carbocycles. The molecule has 1 saturated heterocycles. The van der Waals surface area contributed by atoms with Gasteiger partial charge in [0.25, 0.3) is 0 Å². The molecule has 7 nitrogen and oxygen atoms in total. The number of rotatable bonds is 5. The maximum atomic E-state index is 12.0. The summed E-state index contributed by atoms with van der Waals surface area (Å²) in [6.45, 7) is 3.25. The van der Waals surface area contributed by atoms with Gasteiger partial charge in [0.05, 0.1) is 5.92 Å². The van der Waals surface area contributed by atoms with Crippen molar-refractivity contribution in [2.45, 2.75) is 25.7 Å². The second-order valence-electron chi connectivity index (χ2n) is 5.50. The van der Waals surface area contributed by atoms with E-state index in [0.717, 1.165) is 30.9 Å². The third kappa shape index (κ3) is 4.41. The van der Waals surface area contributed by atoms with E-state index in [1.165, 1.54) is 16.2 Å². The lowest BCUT2D eigenvalue weighted by Gasteiger charge is -2.20. The van der Waals surface area contributed by atoms with Crippen LogP contribution in [0.3, 0.4) is 0 Å². The fraction of sp³-hybridized carbons (Fsp3) is 0.643. The standard InChI is InChI=1S/C14H21N3O4S/c1-9(12(18)19)8-17(2)14(20)16-13-15-7-11(22-13)10-3-5-21-6-4-10/h7,9-10H,3-6,8H2,1-2H3,(H,18,19)(H,15,16,20). The smallest absolute Gasteiger partial charge is 0.323 e. The molecule has 0 aromatic carbocycles. The summed E-state index contributed by atoms with van der Waals surface area (Å²) >= 11 is 1.47. The minimum Gasteiger partial charge on any atom is -0.481 e. The van der Waals surface area contributed by atoms with Crippen molar-refractivity contribution in [1.82, 2.24) is 9.88 Å². The lowest BCUT2D eigenvalue weighted by atomic mass is 9.99. The number of hydrogen-bond donors (Lipinski definition) is 2. The molecular formula is C14H21N3O4S. The highest BCUT2D eigenvalue weighted by Gasteiger charge is 2.21. The molecule has 1 unspecified atom stereocenters. The Hall–Kier alpha value is -1.67. The predicted molar refractivity (Wildman–Crippen MR) is 83.4 cm³/mol. The summed E-state index contributed by atoms with van der Waals surface area (Å²) in [6.07, 6.45) is 3.76. The maximum absolute atomic E-state index is 12.0. The Balaban J connectivity index is 1.88. The third-order valence-electron chi connectivity index (χ3n) is 3.68. The van der Waals surface area contributed by atoms with Gasteiger partial charge in [-0.05, 0) is 18.8 Å². The number of carboxylic acid groups (broad SMARTS) is 1. The molecule has 2 amide bonds. The number of urea groups is 1. The summed E-state index contributed by atoms with van der Waals surface area (Å²) in [5.74, 6) is -1.08. The van der Waals surface area contributed by atoms with Crippen molar-refractivity contribution in [3.05, 3.63) is 11.1 Å². The fourth-order valence-electron chi connectivity index (χ4n) is 2.27. The van der Waals surface area contributed by atoms with Crippen LogP contribution in [0.5, 0.6) is 0 Å². The van der Waals surface area contributed by atoms with Gasteiger partial charge >= 0.3 is 12.0 Å². The highest BCUT2D eigenvalue weighted by atomic mass is 32.1. The van der Waals surface area contributed by atoms with Gasteiger partial charge in [0.15, 0.2) is 5.13 Å². The topological polar surface area (TPSA) is 91.8 Å². The largest absolute Gasteiger partial charge is 0.481 e. The normalized spacial score (nSPS) is 17.0. The van der Waals surface area contributed by atoms with Crippen LogP contribution in [-0.2, 0) is 9.53 Å². The Morgan fingerprint density at radius 3 is 2.86 bits per heavy atom. The number of carbonyl (C=O) groups excluding carboxylic acids is 1. The van der Waals surface area contributed by atoms with E-state index in [1.807, 2.05) is 0 Å². The predicted octanol–water partition coefficient (Wildman–Crippen LogP) is 2.22. The van der Waals surface area contributed by atoms with Gasteiger partial charge in [-0.25, -0.2) is 9.78 Å². The molecule has 0 spiro atoms. The van der Waals surface area contributed by atoms with Crippen LogP contribution in [-0.4, -0.2) is 53.8 Å². The first-order chi connectivity index (χ1) is 10.5. The van der Waals surface area contributed by atoms with E-state index in [1.54, 1.807) is 20.2 Å². The Morgan fingerprint density at radius 2 is 2.23 bits per heavy atom. The summed E-state index contributed by atoms with van der Waals surface area (Å²) in [5, 5.41) is 12.1. The summed E-state index contributed by atoms with van der Waals surface area (Å²) < 4.78 is 5.34. The molecule has 1 atom stereocenters. The Morgan fingerprint density at radius 1 is 1.55 bits per heavy atom. The highest BCUT2D eigenvalue weighted by Crippen LogP contribution is 2.32. The number of amides is 2. The summed E-state index contributed by atoms with van der Waals surface area (Å²) in [4.78, 5) is 29.6. The van der Waals surface area contributed by atoms with Crippen LogP contribution in [0.25, 0.3) is 0 Å². The maximum Gasteiger partial charge on any atom is 0.323 e. The second-order valence-corrected chi connectivity index (χ2v) is 6.57. The number of hydrogen-bond acceptors (Lipinski definition) is 5. The Bertz CT molecular complexity index is 528. The third-order valence-corrected chi connectivity index (χ3v) is 4.75. The van der Waals surface area contributed by atoms with Crippen molar-refractivity contribution in [2.75, 3.05) is 32.1 Å². The number of carbonyl (C=O) groups is 2. The molecule has 8 heteroatoms. The molecule has 1 aliphatic heterocycles. The molecule has 1 aromatic rings.